The first-order valence-corrected chi connectivity index (χ1v) is 9.15. The number of aromatic amines is 1. The largest absolute Gasteiger partial charge is 0.329 e. The number of carbonyl (C=O) groups excluding carboxylic acids is 1. The molecular weight excluding hydrogens is 340 g/mol. The molecule has 1 aliphatic rings. The molecule has 1 unspecified atom stereocenters. The van der Waals surface area contributed by atoms with Crippen molar-refractivity contribution in [2.24, 2.45) is 0 Å². The van der Waals surface area contributed by atoms with E-state index in [1.54, 1.807) is 12.3 Å². The zero-order valence-corrected chi connectivity index (χ0v) is 14.6. The lowest BCUT2D eigenvalue weighted by Gasteiger charge is -2.35. The predicted octanol–water partition coefficient (Wildman–Crippen LogP) is 1.80. The molecule has 3 aromatic rings. The highest BCUT2D eigenvalue weighted by Crippen LogP contribution is 2.31. The fourth-order valence-corrected chi connectivity index (χ4v) is 4.04. The number of hydrogen-bond donors (Lipinski definition) is 1. The van der Waals surface area contributed by atoms with Gasteiger partial charge in [-0.25, -0.2) is 9.50 Å². The summed E-state index contributed by atoms with van der Waals surface area (Å²) < 4.78 is 5.32. The molecule has 8 nitrogen and oxygen atoms in total. The number of H-pyrrole nitrogens is 1. The van der Waals surface area contributed by atoms with E-state index in [4.69, 9.17) is 0 Å². The Labute approximate surface area is 147 Å². The summed E-state index contributed by atoms with van der Waals surface area (Å²) in [5.74, 6) is -0.0624. The fraction of sp³-hybridized carbons (Fsp3) is 0.438. The second-order valence-electron chi connectivity index (χ2n) is 6.09. The first-order valence-electron chi connectivity index (χ1n) is 8.38. The summed E-state index contributed by atoms with van der Waals surface area (Å²) in [7, 11) is 0. The van der Waals surface area contributed by atoms with Crippen molar-refractivity contribution in [3.8, 4) is 0 Å². The third-order valence-electron chi connectivity index (χ3n) is 4.59. The number of nitrogens with one attached hydrogen (secondary N) is 1. The minimum atomic E-state index is -0.194. The van der Waals surface area contributed by atoms with Crippen LogP contribution in [0.5, 0.6) is 0 Å². The number of likely N-dealkylation sites (tertiary alicyclic amines) is 1. The molecule has 0 aromatic carbocycles. The van der Waals surface area contributed by atoms with Gasteiger partial charge in [-0.05, 0) is 37.2 Å². The number of piperidine rings is 1. The minimum absolute atomic E-state index is 0.0624. The standard InChI is InChI=1S/C16H18N6O2S/c1-2-10-15(25-20-19-10)16(24)21-8-4-3-5-12(21)11-9-14(23)22-13(18-11)6-7-17-22/h6-7,9,12,17H,2-5,8H2,1H3. The molecule has 1 aliphatic heterocycles. The van der Waals surface area contributed by atoms with Crippen molar-refractivity contribution in [3.05, 3.63) is 44.9 Å². The predicted molar refractivity (Wildman–Crippen MR) is 92.7 cm³/mol. The molecule has 9 heteroatoms. The number of hydrogen-bond acceptors (Lipinski definition) is 6. The number of aryl methyl sites for hydroxylation is 1. The smallest absolute Gasteiger partial charge is 0.272 e. The van der Waals surface area contributed by atoms with Gasteiger partial charge in [-0.15, -0.1) is 5.10 Å². The highest BCUT2D eigenvalue weighted by molar-refractivity contribution is 7.08. The number of nitrogens with zero attached hydrogens (tertiary/aromatic N) is 5. The van der Waals surface area contributed by atoms with E-state index in [0.717, 1.165) is 36.5 Å². The van der Waals surface area contributed by atoms with Crippen LogP contribution in [0.1, 0.15) is 53.3 Å². The van der Waals surface area contributed by atoms with Gasteiger partial charge in [0.15, 0.2) is 5.65 Å². The summed E-state index contributed by atoms with van der Waals surface area (Å²) in [6, 6.07) is 3.08. The molecule has 1 fully saturated rings. The highest BCUT2D eigenvalue weighted by atomic mass is 32.1. The topological polar surface area (TPSA) is 96.3 Å². The molecule has 1 N–H and O–H groups in total. The summed E-state index contributed by atoms with van der Waals surface area (Å²) in [5.41, 5.74) is 1.77. The number of fused-ring (bicyclic) bond motifs is 1. The maximum atomic E-state index is 13.1. The van der Waals surface area contributed by atoms with Gasteiger partial charge < -0.3 is 4.90 Å². The van der Waals surface area contributed by atoms with Crippen molar-refractivity contribution in [2.75, 3.05) is 6.54 Å². The average molecular weight is 358 g/mol. The van der Waals surface area contributed by atoms with Crippen molar-refractivity contribution in [1.82, 2.24) is 29.1 Å². The Morgan fingerprint density at radius 2 is 2.32 bits per heavy atom. The van der Waals surface area contributed by atoms with Gasteiger partial charge in [0.1, 0.15) is 4.88 Å². The Bertz CT molecular complexity index is 974. The molecule has 1 atom stereocenters. The van der Waals surface area contributed by atoms with Crippen LogP contribution in [0.4, 0.5) is 0 Å². The van der Waals surface area contributed by atoms with Crippen molar-refractivity contribution in [1.29, 1.82) is 0 Å². The number of amides is 1. The van der Waals surface area contributed by atoms with E-state index in [1.165, 1.54) is 10.6 Å². The van der Waals surface area contributed by atoms with Gasteiger partial charge in [-0.1, -0.05) is 11.4 Å². The molecule has 0 radical (unpaired) electrons. The molecule has 4 heterocycles. The highest BCUT2D eigenvalue weighted by Gasteiger charge is 2.32. The van der Waals surface area contributed by atoms with Crippen LogP contribution in [0.25, 0.3) is 5.65 Å². The summed E-state index contributed by atoms with van der Waals surface area (Å²) in [6.07, 6.45) is 5.09. The zero-order valence-electron chi connectivity index (χ0n) is 13.8. The lowest BCUT2D eigenvalue weighted by atomic mass is 9.98. The van der Waals surface area contributed by atoms with Crippen LogP contribution in [0.2, 0.25) is 0 Å². The van der Waals surface area contributed by atoms with Crippen LogP contribution < -0.4 is 5.56 Å². The minimum Gasteiger partial charge on any atom is -0.329 e. The third kappa shape index (κ3) is 2.74. The van der Waals surface area contributed by atoms with E-state index >= 15 is 0 Å². The normalized spacial score (nSPS) is 18.0. The maximum absolute atomic E-state index is 13.1. The second kappa shape index (κ2) is 6.40. The Balaban J connectivity index is 1.73. The average Bonchev–Trinajstić information content (AvgIpc) is 3.30. The lowest BCUT2D eigenvalue weighted by molar-refractivity contribution is 0.0610. The molecule has 3 aromatic heterocycles. The van der Waals surface area contributed by atoms with Crippen molar-refractivity contribution in [3.63, 3.8) is 0 Å². The van der Waals surface area contributed by atoms with Crippen LogP contribution >= 0.6 is 11.5 Å². The fourth-order valence-electron chi connectivity index (χ4n) is 3.33. The molecule has 0 saturated carbocycles. The van der Waals surface area contributed by atoms with Crippen LogP contribution in [0.3, 0.4) is 0 Å². The first kappa shape index (κ1) is 15.9. The van der Waals surface area contributed by atoms with Gasteiger partial charge >= 0.3 is 0 Å². The monoisotopic (exact) mass is 358 g/mol. The summed E-state index contributed by atoms with van der Waals surface area (Å²) in [4.78, 5) is 32.3. The summed E-state index contributed by atoms with van der Waals surface area (Å²) in [6.45, 7) is 2.61. The quantitative estimate of drug-likeness (QED) is 0.770. The van der Waals surface area contributed by atoms with Crippen LogP contribution in [0, 0.1) is 0 Å². The van der Waals surface area contributed by atoms with Crippen molar-refractivity contribution < 1.29 is 4.79 Å². The first-order chi connectivity index (χ1) is 12.2. The van der Waals surface area contributed by atoms with E-state index < -0.39 is 0 Å². The molecule has 25 heavy (non-hydrogen) atoms. The van der Waals surface area contributed by atoms with Crippen LogP contribution in [-0.4, -0.2) is 41.5 Å². The molecule has 1 saturated heterocycles. The zero-order chi connectivity index (χ0) is 17.4. The van der Waals surface area contributed by atoms with Gasteiger partial charge in [0.25, 0.3) is 11.5 Å². The Kier molecular flexibility index (Phi) is 4.08. The van der Waals surface area contributed by atoms with Gasteiger partial charge in [-0.2, -0.15) is 0 Å². The second-order valence-corrected chi connectivity index (χ2v) is 6.84. The number of carbonyl (C=O) groups is 1. The molecule has 130 valence electrons. The van der Waals surface area contributed by atoms with Gasteiger partial charge in [-0.3, -0.25) is 14.7 Å². The Morgan fingerprint density at radius 3 is 3.16 bits per heavy atom. The van der Waals surface area contributed by atoms with Gasteiger partial charge in [0, 0.05) is 24.9 Å². The van der Waals surface area contributed by atoms with E-state index in [9.17, 15) is 9.59 Å². The van der Waals surface area contributed by atoms with E-state index in [0.29, 0.717) is 29.2 Å². The van der Waals surface area contributed by atoms with Crippen molar-refractivity contribution >= 4 is 23.1 Å². The summed E-state index contributed by atoms with van der Waals surface area (Å²) >= 11 is 1.14. The number of aromatic nitrogens is 5. The molecular formula is C16H18N6O2S. The maximum Gasteiger partial charge on any atom is 0.272 e. The molecule has 0 bridgehead atoms. The number of rotatable bonds is 3. The third-order valence-corrected chi connectivity index (χ3v) is 5.35. The SMILES string of the molecule is CCc1nnsc1C(=O)N1CCCCC1c1cc(=O)n2[nH]ccc2n1. The van der Waals surface area contributed by atoms with E-state index in [-0.39, 0.29) is 17.5 Å². The van der Waals surface area contributed by atoms with Crippen molar-refractivity contribution in [2.45, 2.75) is 38.6 Å². The van der Waals surface area contributed by atoms with Gasteiger partial charge in [0.05, 0.1) is 17.4 Å². The molecule has 4 rings (SSSR count). The lowest BCUT2D eigenvalue weighted by Crippen LogP contribution is -2.39. The molecule has 1 amide bonds. The van der Waals surface area contributed by atoms with Crippen LogP contribution in [0.15, 0.2) is 23.1 Å². The van der Waals surface area contributed by atoms with E-state index in [1.807, 2.05) is 11.8 Å². The van der Waals surface area contributed by atoms with E-state index in [2.05, 4.69) is 19.7 Å². The molecule has 0 aliphatic carbocycles. The Morgan fingerprint density at radius 1 is 1.44 bits per heavy atom. The molecule has 0 spiro atoms. The Hall–Kier alpha value is -2.55. The van der Waals surface area contributed by atoms with Crippen LogP contribution in [-0.2, 0) is 6.42 Å². The van der Waals surface area contributed by atoms with Gasteiger partial charge in [0.2, 0.25) is 0 Å². The summed E-state index contributed by atoms with van der Waals surface area (Å²) in [5, 5.41) is 6.88.